The third-order valence-corrected chi connectivity index (χ3v) is 5.25. The highest BCUT2D eigenvalue weighted by atomic mass is 32.3. The molecule has 1 unspecified atom stereocenters. The third-order valence-electron chi connectivity index (χ3n) is 3.23. The third kappa shape index (κ3) is 2.01. The lowest BCUT2D eigenvalue weighted by molar-refractivity contribution is -0.0457. The van der Waals surface area contributed by atoms with Gasteiger partial charge in [0.15, 0.2) is 33.9 Å². The first-order valence-electron chi connectivity index (χ1n) is 5.88. The van der Waals surface area contributed by atoms with Gasteiger partial charge in [-0.1, -0.05) is 16.5 Å². The fourth-order valence-electron chi connectivity index (χ4n) is 2.22. The van der Waals surface area contributed by atoms with Crippen LogP contribution in [0.25, 0.3) is 11.1 Å². The lowest BCUT2D eigenvalue weighted by Gasteiger charge is -2.29. The zero-order valence-electron chi connectivity index (χ0n) is 10.7. The molecule has 10 heteroatoms. The number of alkyl halides is 3. The minimum atomic E-state index is -5.42. The number of halogens is 7. The number of hydrogen-bond acceptors (Lipinski definition) is 2. The number of rotatable bonds is 0. The van der Waals surface area contributed by atoms with Gasteiger partial charge in [-0.05, 0) is 12.1 Å². The van der Waals surface area contributed by atoms with E-state index in [1.54, 1.807) is 0 Å². The van der Waals surface area contributed by atoms with Crippen LogP contribution in [-0.4, -0.2) is 10.1 Å². The van der Waals surface area contributed by atoms with Crippen molar-refractivity contribution >= 4 is 15.8 Å². The van der Waals surface area contributed by atoms with Crippen LogP contribution in [-0.2, 0) is 10.1 Å². The van der Waals surface area contributed by atoms with Crippen molar-refractivity contribution in [3.63, 3.8) is 0 Å². The maximum Gasteiger partial charge on any atom is 0.562 e. The van der Waals surface area contributed by atoms with Crippen LogP contribution in [0.5, 0.6) is 0 Å². The van der Waals surface area contributed by atoms with Crippen LogP contribution in [0.3, 0.4) is 0 Å². The molecular weight excluding hydrogens is 351 g/mol. The number of hydrogen-bond donors (Lipinski definition) is 0. The van der Waals surface area contributed by atoms with E-state index in [9.17, 15) is 35.3 Å². The Hall–Kier alpha value is -1.94. The fourth-order valence-corrected chi connectivity index (χ4v) is 3.83. The molecule has 0 amide bonds. The predicted octanol–water partition coefficient (Wildman–Crippen LogP) is 4.90. The maximum atomic E-state index is 13.9. The lowest BCUT2D eigenvalue weighted by atomic mass is 10.0. The van der Waals surface area contributed by atoms with Gasteiger partial charge in [0.25, 0.3) is 0 Å². The van der Waals surface area contributed by atoms with Crippen LogP contribution in [0, 0.1) is 23.3 Å². The molecule has 122 valence electrons. The first-order chi connectivity index (χ1) is 10.6. The Labute approximate surface area is 125 Å². The van der Waals surface area contributed by atoms with E-state index >= 15 is 0 Å². The van der Waals surface area contributed by atoms with Crippen LogP contribution in [0.1, 0.15) is 0 Å². The molecule has 0 saturated heterocycles. The average Bonchev–Trinajstić information content (AvgIpc) is 2.49. The number of nitrogens with zero attached hydrogens (tertiary/aromatic N) is 1. The van der Waals surface area contributed by atoms with Crippen molar-refractivity contribution in [3.8, 4) is 11.1 Å². The standard InChI is InChI=1S/C13H4F7NOS/c14-8-7-5-3-1-2-4-6(5)23(22,13(18,19)20)21-12(7)11(17)10(16)9(8)15/h1-4H. The summed E-state index contributed by atoms with van der Waals surface area (Å²) in [6, 6.07) is 3.89. The zero-order chi connectivity index (χ0) is 17.2. The highest BCUT2D eigenvalue weighted by Crippen LogP contribution is 2.51. The van der Waals surface area contributed by atoms with Crippen molar-refractivity contribution in [3.05, 3.63) is 47.5 Å². The number of fused-ring (bicyclic) bond motifs is 3. The van der Waals surface area contributed by atoms with Gasteiger partial charge in [-0.2, -0.15) is 0 Å². The van der Waals surface area contributed by atoms with E-state index in [1.165, 1.54) is 0 Å². The van der Waals surface area contributed by atoms with E-state index in [1.807, 2.05) is 0 Å². The van der Waals surface area contributed by atoms with Crippen LogP contribution in [0.4, 0.5) is 36.4 Å². The lowest BCUT2D eigenvalue weighted by Crippen LogP contribution is -2.32. The van der Waals surface area contributed by atoms with E-state index in [0.717, 1.165) is 24.3 Å². The molecule has 0 radical (unpaired) electrons. The number of benzene rings is 2. The van der Waals surface area contributed by atoms with Gasteiger partial charge in [-0.15, -0.1) is 13.2 Å². The Morgan fingerprint density at radius 3 is 2.04 bits per heavy atom. The first kappa shape index (κ1) is 15.9. The van der Waals surface area contributed by atoms with Crippen molar-refractivity contribution in [2.24, 2.45) is 4.36 Å². The summed E-state index contributed by atoms with van der Waals surface area (Å²) >= 11 is 0. The highest BCUT2D eigenvalue weighted by molar-refractivity contribution is 8.01. The SMILES string of the molecule is [O-][S+]1(C(F)(F)F)=Nc2c(F)c(F)c(F)c(F)c2-c2ccccc21. The molecule has 1 heterocycles. The Balaban J connectivity index is 2.57. The molecular formula is C13H4F7NOS. The predicted molar refractivity (Wildman–Crippen MR) is 66.3 cm³/mol. The molecule has 3 rings (SSSR count). The summed E-state index contributed by atoms with van der Waals surface area (Å²) in [6.07, 6.45) is 0. The van der Waals surface area contributed by atoms with Crippen molar-refractivity contribution in [2.45, 2.75) is 10.4 Å². The summed E-state index contributed by atoms with van der Waals surface area (Å²) in [4.78, 5) is -0.940. The van der Waals surface area contributed by atoms with Crippen LogP contribution >= 0.6 is 0 Å². The molecule has 1 aliphatic rings. The molecule has 1 atom stereocenters. The van der Waals surface area contributed by atoms with Crippen molar-refractivity contribution in [1.82, 2.24) is 0 Å². The second kappa shape index (κ2) is 4.78. The van der Waals surface area contributed by atoms with Gasteiger partial charge in [-0.3, -0.25) is 0 Å². The average molecular weight is 355 g/mol. The topological polar surface area (TPSA) is 35.4 Å². The minimum Gasteiger partial charge on any atom is -0.619 e. The molecule has 0 N–H and O–H groups in total. The summed E-state index contributed by atoms with van der Waals surface area (Å²) in [6.45, 7) is 0. The van der Waals surface area contributed by atoms with Crippen LogP contribution in [0.2, 0.25) is 0 Å². The summed E-state index contributed by atoms with van der Waals surface area (Å²) in [7, 11) is -5.22. The molecule has 23 heavy (non-hydrogen) atoms. The van der Waals surface area contributed by atoms with Gasteiger partial charge in [-0.25, -0.2) is 17.6 Å². The molecule has 0 saturated carbocycles. The molecule has 2 nitrogen and oxygen atoms in total. The van der Waals surface area contributed by atoms with Crippen molar-refractivity contribution in [1.29, 1.82) is 0 Å². The quantitative estimate of drug-likeness (QED) is 0.286. The minimum absolute atomic E-state index is 0.657. The molecule has 0 fully saturated rings. The van der Waals surface area contributed by atoms with Gasteiger partial charge in [0.1, 0.15) is 0 Å². The monoisotopic (exact) mass is 355 g/mol. The zero-order valence-corrected chi connectivity index (χ0v) is 11.5. The summed E-state index contributed by atoms with van der Waals surface area (Å²) in [5.74, 6) is -8.55. The second-order valence-electron chi connectivity index (χ2n) is 4.54. The largest absolute Gasteiger partial charge is 0.619 e. The molecule has 0 spiro atoms. The van der Waals surface area contributed by atoms with Gasteiger partial charge in [0, 0.05) is 5.56 Å². The van der Waals surface area contributed by atoms with Crippen LogP contribution < -0.4 is 0 Å². The molecule has 2 aromatic rings. The molecule has 0 bridgehead atoms. The summed E-state index contributed by atoms with van der Waals surface area (Å²) in [5, 5.41) is 0. The smallest absolute Gasteiger partial charge is 0.562 e. The van der Waals surface area contributed by atoms with E-state index < -0.39 is 60.6 Å². The molecule has 2 aromatic carbocycles. The Morgan fingerprint density at radius 1 is 0.870 bits per heavy atom. The van der Waals surface area contributed by atoms with E-state index in [4.69, 9.17) is 0 Å². The van der Waals surface area contributed by atoms with Crippen molar-refractivity contribution in [2.75, 3.05) is 0 Å². The van der Waals surface area contributed by atoms with Gasteiger partial charge in [0.05, 0.1) is 15.7 Å². The Kier molecular flexibility index (Phi) is 3.31. The molecule has 1 aliphatic heterocycles. The highest BCUT2D eigenvalue weighted by Gasteiger charge is 2.54. The van der Waals surface area contributed by atoms with Gasteiger partial charge in [0.2, 0.25) is 0 Å². The maximum absolute atomic E-state index is 13.9. The van der Waals surface area contributed by atoms with Crippen LogP contribution in [0.15, 0.2) is 33.5 Å². The molecule has 0 aliphatic carbocycles. The van der Waals surface area contributed by atoms with E-state index in [0.29, 0.717) is 0 Å². The Bertz CT molecular complexity index is 891. The normalized spacial score (nSPS) is 19.8. The molecule has 0 aromatic heterocycles. The van der Waals surface area contributed by atoms with Crippen molar-refractivity contribution < 1.29 is 35.3 Å². The van der Waals surface area contributed by atoms with E-state index in [-0.39, 0.29) is 0 Å². The van der Waals surface area contributed by atoms with Gasteiger partial charge >= 0.3 is 5.51 Å². The first-order valence-corrected chi connectivity index (χ1v) is 7.40. The van der Waals surface area contributed by atoms with Gasteiger partial charge < -0.3 is 4.55 Å². The van der Waals surface area contributed by atoms with E-state index in [2.05, 4.69) is 4.36 Å². The Morgan fingerprint density at radius 2 is 1.43 bits per heavy atom. The fraction of sp³-hybridized carbons (Fsp3) is 0.0769. The summed E-state index contributed by atoms with van der Waals surface area (Å²) in [5.41, 5.74) is -8.54. The summed E-state index contributed by atoms with van der Waals surface area (Å²) < 4.78 is 109. The second-order valence-corrected chi connectivity index (χ2v) is 6.68.